The topological polar surface area (TPSA) is 182 Å². The van der Waals surface area contributed by atoms with Crippen molar-refractivity contribution in [2.75, 3.05) is 20.7 Å². The standard InChI is InChI=1S/C12H13ClN4O3.C12H14N4O3.C5H10O.C2H7BP/c1-16-11(19)15-9-8-6(4-12(9,16)20)17-5(10(18)14-8)2-3-7(17)13;1-15-11(18)14-9-8-7(5-12(9,15)19)16-4-2-3-6(16)10(17)13-8;1-5-3-2-4-6-5;1-2-3-4/h2-3,6,8-9,20H,4H2,1H3,(H,14,18)(H,15,19);2-4,7-9,19H,5H2,1H3,(H,13,17)(H,14,18);5H,2-4H2,1H3;2,4H2,1H3/t6-,8-,9+,12+;7-,8-,9+,12+;;/m11../s1/i;;;1D3,2T. The largest absolute Gasteiger partial charge is 0.379 e. The van der Waals surface area contributed by atoms with Gasteiger partial charge in [-0.2, -0.15) is 9.12 Å². The SMILES string of the molecule is CC1CCCO1.CN1C(=O)N[C@H]2[C@@H]3NC(=O)c4ccc(Cl)n4[C@@H]3C[C@]21O.CN1C(=O)N[C@H]2[C@@H]3NC(=O)c4cccn4[C@@H]3C[C@]21O.[2H]C([2H])([2H])C([3H])[B]P. The van der Waals surface area contributed by atoms with Gasteiger partial charge in [0.05, 0.1) is 30.3 Å². The van der Waals surface area contributed by atoms with Crippen LogP contribution >= 0.6 is 20.7 Å². The van der Waals surface area contributed by atoms with Gasteiger partial charge in [0, 0.05) is 45.2 Å². The molecule has 2 aromatic rings. The molecule has 49 heavy (non-hydrogen) atoms. The van der Waals surface area contributed by atoms with E-state index in [2.05, 4.69) is 37.3 Å². The second-order valence-corrected chi connectivity index (χ2v) is 13.9. The number of aliphatic hydroxyl groups is 2. The first-order chi connectivity index (χ1) is 24.8. The van der Waals surface area contributed by atoms with Crippen molar-refractivity contribution in [1.82, 2.24) is 40.2 Å². The Balaban J connectivity index is 0.000000135. The van der Waals surface area contributed by atoms with Crippen LogP contribution in [0, 0.1) is 0 Å². The van der Waals surface area contributed by atoms with Gasteiger partial charge in [-0.25, -0.2) is 9.59 Å². The lowest BCUT2D eigenvalue weighted by Crippen LogP contribution is -2.56. The fraction of sp³-hybridized carbons (Fsp3) is 0.613. The molecule has 0 aromatic carbocycles. The maximum absolute atomic E-state index is 12.1. The van der Waals surface area contributed by atoms with Gasteiger partial charge in [-0.15, -0.1) is 0 Å². The summed E-state index contributed by atoms with van der Waals surface area (Å²) >= 11 is 6.16. The Kier molecular flexibility index (Phi) is 8.37. The molecule has 2 saturated carbocycles. The molecule has 2 aliphatic carbocycles. The molecular formula is C31H44BClN8O7P. The van der Waals surface area contributed by atoms with Crippen molar-refractivity contribution >= 4 is 51.6 Å². The molecule has 3 unspecified atom stereocenters. The first kappa shape index (κ1) is 30.5. The Morgan fingerprint density at radius 2 is 1.59 bits per heavy atom. The van der Waals surface area contributed by atoms with Crippen LogP contribution in [0.4, 0.5) is 9.59 Å². The molecule has 0 spiro atoms. The summed E-state index contributed by atoms with van der Waals surface area (Å²) in [6.07, 6.45) is 4.58. The summed E-state index contributed by atoms with van der Waals surface area (Å²) in [5.74, 6) is -0.412. The number of aromatic nitrogens is 2. The molecule has 6 N–H and O–H groups in total. The summed E-state index contributed by atoms with van der Waals surface area (Å²) in [4.78, 5) is 50.1. The Morgan fingerprint density at radius 3 is 2.10 bits per heavy atom. The summed E-state index contributed by atoms with van der Waals surface area (Å²) in [5, 5.41) is 33.2. The lowest BCUT2D eigenvalue weighted by Gasteiger charge is -2.32. The molecular weight excluding hydrogens is 674 g/mol. The number of carbonyl (C=O) groups excluding carboxylic acids is 4. The van der Waals surface area contributed by atoms with Crippen LogP contribution in [0.1, 0.15) is 78.0 Å². The molecule has 2 aromatic heterocycles. The molecule has 11 atom stereocenters. The van der Waals surface area contributed by atoms with Crippen molar-refractivity contribution in [3.05, 3.63) is 47.0 Å². The number of hydrogen-bond donors (Lipinski definition) is 6. The predicted molar refractivity (Wildman–Crippen MR) is 184 cm³/mol. The fourth-order valence-corrected chi connectivity index (χ4v) is 8.23. The van der Waals surface area contributed by atoms with Gasteiger partial charge >= 0.3 is 12.1 Å². The lowest BCUT2D eigenvalue weighted by molar-refractivity contribution is -0.0566. The van der Waals surface area contributed by atoms with Crippen LogP contribution in [-0.4, -0.2) is 122 Å². The highest BCUT2D eigenvalue weighted by Gasteiger charge is 2.64. The molecule has 0 bridgehead atoms. The molecule has 7 aliphatic rings. The summed E-state index contributed by atoms with van der Waals surface area (Å²) < 4.78 is 35.5. The van der Waals surface area contributed by atoms with Gasteiger partial charge < -0.3 is 45.4 Å². The molecule has 18 heteroatoms. The molecule has 5 aliphatic heterocycles. The number of rotatable bonds is 1. The minimum absolute atomic E-state index is 0.0410. The quantitative estimate of drug-likeness (QED) is 0.189. The first-order valence-electron chi connectivity index (χ1n) is 18.2. The lowest BCUT2D eigenvalue weighted by atomic mass is 10.1. The first-order valence-corrected chi connectivity index (χ1v) is 17.2. The van der Waals surface area contributed by atoms with E-state index in [9.17, 15) is 29.4 Å². The van der Waals surface area contributed by atoms with Gasteiger partial charge in [-0.05, 0) is 44.0 Å². The summed E-state index contributed by atoms with van der Waals surface area (Å²) in [5.41, 5.74) is -1.48. The van der Waals surface area contributed by atoms with Crippen molar-refractivity contribution < 1.29 is 39.6 Å². The van der Waals surface area contributed by atoms with Crippen LogP contribution in [0.3, 0.4) is 0 Å². The zero-order valence-corrected chi connectivity index (χ0v) is 29.2. The molecule has 1 radical (unpaired) electrons. The van der Waals surface area contributed by atoms with Gasteiger partial charge in [0.25, 0.3) is 11.8 Å². The highest BCUT2D eigenvalue weighted by atomic mass is 35.5. The Labute approximate surface area is 298 Å². The van der Waals surface area contributed by atoms with Gasteiger partial charge in [-0.3, -0.25) is 19.4 Å². The van der Waals surface area contributed by atoms with Crippen LogP contribution in [0.2, 0.25) is 11.4 Å². The highest BCUT2D eigenvalue weighted by molar-refractivity contribution is 7.55. The number of amides is 6. The molecule has 265 valence electrons. The monoisotopic (exact) mass is 722 g/mol. The zero-order chi connectivity index (χ0) is 38.8. The number of ether oxygens (including phenoxy) is 1. The number of hydrogen-bond acceptors (Lipinski definition) is 7. The van der Waals surface area contributed by atoms with Crippen LogP contribution in [0.5, 0.6) is 0 Å². The number of nitrogens with zero attached hydrogens (tertiary/aromatic N) is 4. The Morgan fingerprint density at radius 1 is 1.00 bits per heavy atom. The molecule has 5 fully saturated rings. The van der Waals surface area contributed by atoms with Crippen LogP contribution in [-0.2, 0) is 4.74 Å². The van der Waals surface area contributed by atoms with Crippen LogP contribution < -0.4 is 21.3 Å². The van der Waals surface area contributed by atoms with Gasteiger partial charge in [0.1, 0.15) is 35.6 Å². The number of fused-ring (bicyclic) bond motifs is 10. The smallest absolute Gasteiger partial charge is 0.319 e. The van der Waals surface area contributed by atoms with Gasteiger partial charge in [-0.1, -0.05) is 24.7 Å². The van der Waals surface area contributed by atoms with E-state index in [1.807, 2.05) is 16.8 Å². The summed E-state index contributed by atoms with van der Waals surface area (Å²) in [7, 11) is 5.23. The van der Waals surface area contributed by atoms with E-state index in [1.165, 1.54) is 29.6 Å². The average Bonchev–Trinajstić information content (AvgIpc) is 3.97. The van der Waals surface area contributed by atoms with Crippen LogP contribution in [0.15, 0.2) is 30.5 Å². The van der Waals surface area contributed by atoms with Crippen molar-refractivity contribution in [1.29, 1.82) is 0 Å². The van der Waals surface area contributed by atoms with E-state index in [0.29, 0.717) is 35.5 Å². The predicted octanol–water partition coefficient (Wildman–Crippen LogP) is 1.27. The third-order valence-corrected chi connectivity index (χ3v) is 11.0. The Hall–Kier alpha value is -3.30. The normalized spacial score (nSPS) is 37.7. The second kappa shape index (κ2) is 13.4. The average molecular weight is 723 g/mol. The second-order valence-electron chi connectivity index (χ2n) is 13.2. The van der Waals surface area contributed by atoms with Crippen molar-refractivity contribution in [2.45, 2.75) is 99.6 Å². The summed E-state index contributed by atoms with van der Waals surface area (Å²) in [6.45, 7) is 2.23. The van der Waals surface area contributed by atoms with Gasteiger partial charge in [0.15, 0.2) is 11.4 Å². The molecule has 9 rings (SSSR count). The Bertz CT molecular complexity index is 1770. The van der Waals surface area contributed by atoms with E-state index < -0.39 is 36.7 Å². The number of urea groups is 2. The molecule has 15 nitrogen and oxygen atoms in total. The summed E-state index contributed by atoms with van der Waals surface area (Å²) in [6, 6.07) is 4.36. The zero-order valence-electron chi connectivity index (χ0n) is 31.3. The third-order valence-electron chi connectivity index (χ3n) is 10.5. The number of halogens is 1. The van der Waals surface area contributed by atoms with E-state index in [-0.39, 0.29) is 48.0 Å². The molecule has 7 heterocycles. The minimum atomic E-state index is -2.15. The van der Waals surface area contributed by atoms with Crippen molar-refractivity contribution in [3.8, 4) is 0 Å². The third kappa shape index (κ3) is 5.88. The maximum atomic E-state index is 12.1. The highest BCUT2D eigenvalue weighted by Crippen LogP contribution is 2.47. The van der Waals surface area contributed by atoms with E-state index in [4.69, 9.17) is 21.8 Å². The minimum Gasteiger partial charge on any atom is -0.379 e. The van der Waals surface area contributed by atoms with Gasteiger partial charge in [0.2, 0.25) is 0 Å². The fourth-order valence-electron chi connectivity index (χ4n) is 7.95. The number of likely N-dealkylation sites (N-methyl/N-ethyl adjacent to an activating group) is 2. The maximum Gasteiger partial charge on any atom is 0.319 e. The van der Waals surface area contributed by atoms with E-state index >= 15 is 0 Å². The molecule has 6 amide bonds. The number of nitrogens with one attached hydrogen (secondary N) is 4. The number of carbonyl (C=O) groups is 4. The van der Waals surface area contributed by atoms with E-state index in [0.717, 1.165) is 6.61 Å². The van der Waals surface area contributed by atoms with Crippen molar-refractivity contribution in [2.24, 2.45) is 0 Å². The van der Waals surface area contributed by atoms with E-state index in [1.54, 1.807) is 36.9 Å². The molecule has 3 saturated heterocycles. The van der Waals surface area contributed by atoms with Crippen molar-refractivity contribution in [3.63, 3.8) is 0 Å². The van der Waals surface area contributed by atoms with Crippen LogP contribution in [0.25, 0.3) is 0 Å².